The first-order chi connectivity index (χ1) is 12.8. The molecule has 2 aromatic carbocycles. The van der Waals surface area contributed by atoms with Crippen molar-refractivity contribution >= 4 is 17.3 Å². The van der Waals surface area contributed by atoms with Gasteiger partial charge in [0, 0.05) is 30.5 Å². The van der Waals surface area contributed by atoms with Gasteiger partial charge in [0.2, 0.25) is 5.91 Å². The van der Waals surface area contributed by atoms with Crippen LogP contribution in [0.1, 0.15) is 37.3 Å². The van der Waals surface area contributed by atoms with Gasteiger partial charge in [-0.25, -0.2) is 0 Å². The van der Waals surface area contributed by atoms with Crippen LogP contribution in [-0.4, -0.2) is 37.0 Å². The van der Waals surface area contributed by atoms with E-state index in [2.05, 4.69) is 51.5 Å². The Hall–Kier alpha value is -2.33. The lowest BCUT2D eigenvalue weighted by atomic mass is 10.0. The highest BCUT2D eigenvalue weighted by Crippen LogP contribution is 2.31. The number of carbonyl (C=O) groups is 1. The molecule has 1 N–H and O–H groups in total. The highest BCUT2D eigenvalue weighted by Gasteiger charge is 2.27. The molecule has 0 aromatic heterocycles. The van der Waals surface area contributed by atoms with Gasteiger partial charge in [0.15, 0.2) is 0 Å². The molecule has 0 aliphatic carbocycles. The summed E-state index contributed by atoms with van der Waals surface area (Å²) in [5.74, 6) is 0.0711. The molecule has 1 amide bonds. The minimum Gasteiger partial charge on any atom is -0.372 e. The Balaban J connectivity index is 1.34. The molecule has 0 spiro atoms. The van der Waals surface area contributed by atoms with Gasteiger partial charge in [0.25, 0.3) is 0 Å². The molecule has 0 radical (unpaired) electrons. The summed E-state index contributed by atoms with van der Waals surface area (Å²) >= 11 is 0. The molecule has 2 aliphatic heterocycles. The van der Waals surface area contributed by atoms with Crippen LogP contribution in [0, 0.1) is 0 Å². The average molecular weight is 349 g/mol. The van der Waals surface area contributed by atoms with E-state index in [1.165, 1.54) is 24.1 Å². The van der Waals surface area contributed by atoms with Crippen molar-refractivity contribution in [1.29, 1.82) is 0 Å². The molecule has 2 heterocycles. The first-order valence-electron chi connectivity index (χ1n) is 9.73. The van der Waals surface area contributed by atoms with Gasteiger partial charge >= 0.3 is 0 Å². The molecule has 2 aliphatic rings. The molecule has 26 heavy (non-hydrogen) atoms. The van der Waals surface area contributed by atoms with E-state index < -0.39 is 0 Å². The Morgan fingerprint density at radius 2 is 1.65 bits per heavy atom. The first-order valence-corrected chi connectivity index (χ1v) is 9.73. The van der Waals surface area contributed by atoms with Gasteiger partial charge in [-0.1, -0.05) is 30.3 Å². The molecule has 0 unspecified atom stereocenters. The lowest BCUT2D eigenvalue weighted by Gasteiger charge is -2.24. The van der Waals surface area contributed by atoms with Gasteiger partial charge < -0.3 is 10.2 Å². The maximum Gasteiger partial charge on any atom is 0.238 e. The second-order valence-electron chi connectivity index (χ2n) is 7.33. The van der Waals surface area contributed by atoms with Crippen LogP contribution in [0.2, 0.25) is 0 Å². The Labute approximate surface area is 155 Å². The van der Waals surface area contributed by atoms with Crippen LogP contribution in [0.15, 0.2) is 54.6 Å². The number of hydrogen-bond donors (Lipinski definition) is 1. The van der Waals surface area contributed by atoms with E-state index >= 15 is 0 Å². The number of rotatable bonds is 5. The molecule has 0 bridgehead atoms. The number of carbonyl (C=O) groups excluding carboxylic acids is 1. The molecular formula is C22H27N3O. The standard InChI is InChI=1S/C22H27N3O/c26-22(17-25-16-6-9-21(25)18-7-2-1-3-8-18)23-19-10-12-20(13-11-19)24-14-4-5-15-24/h1-3,7-8,10-13,21H,4-6,9,14-17H2,(H,23,26)/t21-/m0/s1. The third kappa shape index (κ3) is 3.91. The van der Waals surface area contributed by atoms with Crippen molar-refractivity contribution in [3.8, 4) is 0 Å². The second kappa shape index (κ2) is 7.92. The van der Waals surface area contributed by atoms with E-state index in [4.69, 9.17) is 0 Å². The number of anilines is 2. The van der Waals surface area contributed by atoms with E-state index in [0.717, 1.165) is 38.2 Å². The molecule has 2 fully saturated rings. The van der Waals surface area contributed by atoms with Crippen molar-refractivity contribution in [2.75, 3.05) is 36.4 Å². The van der Waals surface area contributed by atoms with Gasteiger partial charge in [0.1, 0.15) is 0 Å². The average Bonchev–Trinajstić information content (AvgIpc) is 3.35. The fourth-order valence-corrected chi connectivity index (χ4v) is 4.18. The lowest BCUT2D eigenvalue weighted by Crippen LogP contribution is -2.32. The number of benzene rings is 2. The lowest BCUT2D eigenvalue weighted by molar-refractivity contribution is -0.117. The summed E-state index contributed by atoms with van der Waals surface area (Å²) in [6.45, 7) is 3.72. The number of likely N-dealkylation sites (tertiary alicyclic amines) is 1. The van der Waals surface area contributed by atoms with Crippen LogP contribution in [0.4, 0.5) is 11.4 Å². The minimum atomic E-state index is 0.0711. The SMILES string of the molecule is O=C(CN1CCC[C@H]1c1ccccc1)Nc1ccc(N2CCCC2)cc1. The molecule has 136 valence electrons. The zero-order chi connectivity index (χ0) is 17.8. The summed E-state index contributed by atoms with van der Waals surface area (Å²) in [6.07, 6.45) is 4.83. The van der Waals surface area contributed by atoms with Crippen molar-refractivity contribution in [1.82, 2.24) is 4.90 Å². The topological polar surface area (TPSA) is 35.6 Å². The van der Waals surface area contributed by atoms with Gasteiger partial charge in [-0.2, -0.15) is 0 Å². The number of hydrogen-bond acceptors (Lipinski definition) is 3. The Morgan fingerprint density at radius 1 is 0.923 bits per heavy atom. The molecule has 4 rings (SSSR count). The molecular weight excluding hydrogens is 322 g/mol. The van der Waals surface area contributed by atoms with Gasteiger partial charge in [-0.05, 0) is 62.1 Å². The normalized spacial score (nSPS) is 20.5. The van der Waals surface area contributed by atoms with Crippen molar-refractivity contribution in [3.63, 3.8) is 0 Å². The van der Waals surface area contributed by atoms with Crippen LogP contribution >= 0.6 is 0 Å². The largest absolute Gasteiger partial charge is 0.372 e. The van der Waals surface area contributed by atoms with Crippen molar-refractivity contribution in [3.05, 3.63) is 60.2 Å². The highest BCUT2D eigenvalue weighted by molar-refractivity contribution is 5.92. The summed E-state index contributed by atoms with van der Waals surface area (Å²) in [5, 5.41) is 3.06. The molecule has 2 saturated heterocycles. The highest BCUT2D eigenvalue weighted by atomic mass is 16.2. The Morgan fingerprint density at radius 3 is 2.38 bits per heavy atom. The predicted molar refractivity (Wildman–Crippen MR) is 107 cm³/mol. The van der Waals surface area contributed by atoms with E-state index in [-0.39, 0.29) is 5.91 Å². The number of amides is 1. The predicted octanol–water partition coefficient (Wildman–Crippen LogP) is 4.06. The third-order valence-corrected chi connectivity index (χ3v) is 5.52. The maximum absolute atomic E-state index is 12.5. The molecule has 4 heteroatoms. The molecule has 1 atom stereocenters. The smallest absolute Gasteiger partial charge is 0.238 e. The fourth-order valence-electron chi connectivity index (χ4n) is 4.18. The molecule has 2 aromatic rings. The summed E-state index contributed by atoms with van der Waals surface area (Å²) in [5.41, 5.74) is 3.45. The number of nitrogens with one attached hydrogen (secondary N) is 1. The van der Waals surface area contributed by atoms with E-state index in [0.29, 0.717) is 12.6 Å². The van der Waals surface area contributed by atoms with Crippen LogP contribution < -0.4 is 10.2 Å². The first kappa shape index (κ1) is 17.1. The van der Waals surface area contributed by atoms with Crippen LogP contribution in [0.5, 0.6) is 0 Å². The van der Waals surface area contributed by atoms with Crippen molar-refractivity contribution < 1.29 is 4.79 Å². The summed E-state index contributed by atoms with van der Waals surface area (Å²) in [4.78, 5) is 17.2. The van der Waals surface area contributed by atoms with Crippen LogP contribution in [0.3, 0.4) is 0 Å². The Bertz CT molecular complexity index is 723. The summed E-state index contributed by atoms with van der Waals surface area (Å²) in [6, 6.07) is 19.2. The van der Waals surface area contributed by atoms with Gasteiger partial charge in [-0.3, -0.25) is 9.69 Å². The quantitative estimate of drug-likeness (QED) is 0.884. The second-order valence-corrected chi connectivity index (χ2v) is 7.33. The van der Waals surface area contributed by atoms with Gasteiger partial charge in [-0.15, -0.1) is 0 Å². The monoisotopic (exact) mass is 349 g/mol. The maximum atomic E-state index is 12.5. The van der Waals surface area contributed by atoms with Crippen LogP contribution in [-0.2, 0) is 4.79 Å². The summed E-state index contributed by atoms with van der Waals surface area (Å²) < 4.78 is 0. The minimum absolute atomic E-state index is 0.0711. The Kier molecular flexibility index (Phi) is 5.21. The zero-order valence-corrected chi connectivity index (χ0v) is 15.2. The zero-order valence-electron chi connectivity index (χ0n) is 15.2. The van der Waals surface area contributed by atoms with E-state index in [9.17, 15) is 4.79 Å². The summed E-state index contributed by atoms with van der Waals surface area (Å²) in [7, 11) is 0. The van der Waals surface area contributed by atoms with E-state index in [1.54, 1.807) is 0 Å². The molecule has 4 nitrogen and oxygen atoms in total. The van der Waals surface area contributed by atoms with Crippen molar-refractivity contribution in [2.24, 2.45) is 0 Å². The number of nitrogens with zero attached hydrogens (tertiary/aromatic N) is 2. The fraction of sp³-hybridized carbons (Fsp3) is 0.409. The van der Waals surface area contributed by atoms with Crippen molar-refractivity contribution in [2.45, 2.75) is 31.7 Å². The third-order valence-electron chi connectivity index (χ3n) is 5.52. The van der Waals surface area contributed by atoms with E-state index in [1.807, 2.05) is 18.2 Å². The molecule has 0 saturated carbocycles. The van der Waals surface area contributed by atoms with Gasteiger partial charge in [0.05, 0.1) is 6.54 Å². The van der Waals surface area contributed by atoms with Crippen LogP contribution in [0.25, 0.3) is 0 Å².